The number of H-pyrrole nitrogens is 1. The Hall–Kier alpha value is -2.63. The average molecular weight is 315 g/mol. The number of nitrogens with zero attached hydrogens (tertiary/aromatic N) is 2. The number of hydrogen-bond donors (Lipinski definition) is 2. The van der Waals surface area contributed by atoms with Gasteiger partial charge in [-0.05, 0) is 23.8 Å². The minimum atomic E-state index is -0.966. The lowest BCUT2D eigenvalue weighted by molar-refractivity contribution is 0.0695. The van der Waals surface area contributed by atoms with Crippen LogP contribution in [0.4, 0.5) is 0 Å². The van der Waals surface area contributed by atoms with E-state index in [1.54, 1.807) is 30.1 Å². The predicted octanol–water partition coefficient (Wildman–Crippen LogP) is 2.68. The normalized spacial score (nSPS) is 11.3. The number of carboxylic acids is 1. The van der Waals surface area contributed by atoms with Gasteiger partial charge in [-0.25, -0.2) is 4.79 Å². The highest BCUT2D eigenvalue weighted by Gasteiger charge is 2.21. The van der Waals surface area contributed by atoms with Crippen LogP contribution in [0.5, 0.6) is 0 Å². The van der Waals surface area contributed by atoms with Crippen molar-refractivity contribution in [2.45, 2.75) is 32.7 Å². The van der Waals surface area contributed by atoms with E-state index in [2.05, 4.69) is 10.2 Å². The number of aromatic amines is 1. The lowest BCUT2D eigenvalue weighted by Gasteiger charge is -2.16. The van der Waals surface area contributed by atoms with E-state index in [0.29, 0.717) is 12.2 Å². The molecule has 0 atom stereocenters. The van der Waals surface area contributed by atoms with Crippen LogP contribution in [-0.2, 0) is 12.0 Å². The van der Waals surface area contributed by atoms with Crippen LogP contribution < -0.4 is 0 Å². The van der Waals surface area contributed by atoms with E-state index in [1.165, 1.54) is 12.1 Å². The molecule has 6 heteroatoms. The van der Waals surface area contributed by atoms with Crippen LogP contribution in [0.2, 0.25) is 0 Å². The van der Waals surface area contributed by atoms with Gasteiger partial charge in [0.2, 0.25) is 0 Å². The Morgan fingerprint density at radius 3 is 2.30 bits per heavy atom. The SMILES string of the molecule is CN(Cc1ccc(C(=O)O)cc1)C(=O)c1cc(C(C)(C)C)[nH]n1. The van der Waals surface area contributed by atoms with Gasteiger partial charge in [-0.3, -0.25) is 9.89 Å². The molecular weight excluding hydrogens is 294 g/mol. The van der Waals surface area contributed by atoms with Gasteiger partial charge in [-0.1, -0.05) is 32.9 Å². The summed E-state index contributed by atoms with van der Waals surface area (Å²) in [6.07, 6.45) is 0. The largest absolute Gasteiger partial charge is 0.478 e. The smallest absolute Gasteiger partial charge is 0.335 e. The first kappa shape index (κ1) is 16.7. The molecule has 2 rings (SSSR count). The average Bonchev–Trinajstić information content (AvgIpc) is 2.96. The fraction of sp³-hybridized carbons (Fsp3) is 0.353. The van der Waals surface area contributed by atoms with Crippen LogP contribution in [0, 0.1) is 0 Å². The minimum Gasteiger partial charge on any atom is -0.478 e. The molecule has 0 fully saturated rings. The molecule has 1 aromatic carbocycles. The molecule has 0 radical (unpaired) electrons. The summed E-state index contributed by atoms with van der Waals surface area (Å²) in [7, 11) is 1.69. The van der Waals surface area contributed by atoms with Crippen LogP contribution in [0.25, 0.3) is 0 Å². The molecule has 2 aromatic rings. The molecule has 0 aliphatic heterocycles. The van der Waals surface area contributed by atoms with Gasteiger partial charge in [0.25, 0.3) is 5.91 Å². The molecule has 23 heavy (non-hydrogen) atoms. The minimum absolute atomic E-state index is 0.100. The Balaban J connectivity index is 2.08. The second-order valence-electron chi connectivity index (χ2n) is 6.58. The molecule has 122 valence electrons. The highest BCUT2D eigenvalue weighted by molar-refractivity contribution is 5.92. The van der Waals surface area contributed by atoms with Crippen molar-refractivity contribution in [2.75, 3.05) is 7.05 Å². The third-order valence-corrected chi connectivity index (χ3v) is 3.57. The van der Waals surface area contributed by atoms with Crippen LogP contribution in [0.1, 0.15) is 52.9 Å². The standard InChI is InChI=1S/C17H21N3O3/c1-17(2,3)14-9-13(18-19-14)15(21)20(4)10-11-5-7-12(8-6-11)16(22)23/h5-9H,10H2,1-4H3,(H,18,19)(H,22,23). The fourth-order valence-corrected chi connectivity index (χ4v) is 2.11. The first-order valence-electron chi connectivity index (χ1n) is 7.32. The van der Waals surface area contributed by atoms with Gasteiger partial charge in [-0.15, -0.1) is 0 Å². The number of amides is 1. The van der Waals surface area contributed by atoms with E-state index in [-0.39, 0.29) is 16.9 Å². The molecule has 1 amide bonds. The summed E-state index contributed by atoms with van der Waals surface area (Å²) in [5, 5.41) is 15.9. The van der Waals surface area contributed by atoms with Gasteiger partial charge in [0, 0.05) is 24.7 Å². The molecule has 0 saturated carbocycles. The van der Waals surface area contributed by atoms with Crippen molar-refractivity contribution in [3.63, 3.8) is 0 Å². The summed E-state index contributed by atoms with van der Waals surface area (Å²) in [4.78, 5) is 24.8. The monoisotopic (exact) mass is 315 g/mol. The summed E-state index contributed by atoms with van der Waals surface area (Å²) in [5.41, 5.74) is 2.26. The molecule has 0 saturated heterocycles. The number of aromatic nitrogens is 2. The van der Waals surface area contributed by atoms with Crippen LogP contribution in [-0.4, -0.2) is 39.1 Å². The van der Waals surface area contributed by atoms with E-state index in [1.807, 2.05) is 20.8 Å². The highest BCUT2D eigenvalue weighted by atomic mass is 16.4. The molecule has 6 nitrogen and oxygen atoms in total. The molecule has 1 aromatic heterocycles. The molecule has 0 spiro atoms. The zero-order chi connectivity index (χ0) is 17.2. The summed E-state index contributed by atoms with van der Waals surface area (Å²) < 4.78 is 0. The zero-order valence-corrected chi connectivity index (χ0v) is 13.8. The third-order valence-electron chi connectivity index (χ3n) is 3.57. The van der Waals surface area contributed by atoms with E-state index >= 15 is 0 Å². The third kappa shape index (κ3) is 3.97. The topological polar surface area (TPSA) is 86.3 Å². The van der Waals surface area contributed by atoms with Gasteiger partial charge in [0.1, 0.15) is 5.69 Å². The molecule has 0 aliphatic rings. The van der Waals surface area contributed by atoms with Crippen molar-refractivity contribution >= 4 is 11.9 Å². The van der Waals surface area contributed by atoms with E-state index in [4.69, 9.17) is 5.11 Å². The number of benzene rings is 1. The Morgan fingerprint density at radius 1 is 1.22 bits per heavy atom. The number of rotatable bonds is 4. The highest BCUT2D eigenvalue weighted by Crippen LogP contribution is 2.20. The Kier molecular flexibility index (Phi) is 4.54. The lowest BCUT2D eigenvalue weighted by Crippen LogP contribution is -2.26. The number of nitrogens with one attached hydrogen (secondary N) is 1. The van der Waals surface area contributed by atoms with Gasteiger partial charge >= 0.3 is 5.97 Å². The zero-order valence-electron chi connectivity index (χ0n) is 13.8. The Bertz CT molecular complexity index is 711. The van der Waals surface area contributed by atoms with Crippen LogP contribution in [0.15, 0.2) is 30.3 Å². The van der Waals surface area contributed by atoms with Crippen molar-refractivity contribution in [1.82, 2.24) is 15.1 Å². The number of carboxylic acid groups (broad SMARTS) is 1. The van der Waals surface area contributed by atoms with Gasteiger partial charge in [-0.2, -0.15) is 5.10 Å². The second-order valence-corrected chi connectivity index (χ2v) is 6.58. The number of aromatic carboxylic acids is 1. The number of carbonyl (C=O) groups excluding carboxylic acids is 1. The van der Waals surface area contributed by atoms with Crippen molar-refractivity contribution in [2.24, 2.45) is 0 Å². The van der Waals surface area contributed by atoms with Crippen LogP contribution >= 0.6 is 0 Å². The van der Waals surface area contributed by atoms with Gasteiger partial charge in [0.15, 0.2) is 0 Å². The Morgan fingerprint density at radius 2 is 1.83 bits per heavy atom. The first-order valence-corrected chi connectivity index (χ1v) is 7.32. The molecule has 0 unspecified atom stereocenters. The lowest BCUT2D eigenvalue weighted by atomic mass is 9.92. The summed E-state index contributed by atoms with van der Waals surface area (Å²) in [6, 6.07) is 8.24. The molecular formula is C17H21N3O3. The molecule has 2 N–H and O–H groups in total. The van der Waals surface area contributed by atoms with Gasteiger partial charge in [0.05, 0.1) is 5.56 Å². The Labute approximate surface area is 135 Å². The maximum absolute atomic E-state index is 12.4. The summed E-state index contributed by atoms with van der Waals surface area (Å²) in [6.45, 7) is 6.52. The van der Waals surface area contributed by atoms with E-state index in [0.717, 1.165) is 11.3 Å². The van der Waals surface area contributed by atoms with Crippen molar-refractivity contribution in [3.05, 3.63) is 52.8 Å². The van der Waals surface area contributed by atoms with E-state index in [9.17, 15) is 9.59 Å². The maximum atomic E-state index is 12.4. The molecule has 0 aliphatic carbocycles. The van der Waals surface area contributed by atoms with Crippen LogP contribution in [0.3, 0.4) is 0 Å². The van der Waals surface area contributed by atoms with Gasteiger partial charge < -0.3 is 10.0 Å². The quantitative estimate of drug-likeness (QED) is 0.908. The van der Waals surface area contributed by atoms with Crippen molar-refractivity contribution in [1.29, 1.82) is 0 Å². The molecule has 1 heterocycles. The number of carbonyl (C=O) groups is 2. The second kappa shape index (κ2) is 6.24. The predicted molar refractivity (Wildman–Crippen MR) is 86.5 cm³/mol. The summed E-state index contributed by atoms with van der Waals surface area (Å²) >= 11 is 0. The van der Waals surface area contributed by atoms with E-state index < -0.39 is 5.97 Å². The molecule has 0 bridgehead atoms. The maximum Gasteiger partial charge on any atom is 0.335 e. The fourth-order valence-electron chi connectivity index (χ4n) is 2.11. The summed E-state index contributed by atoms with van der Waals surface area (Å²) in [5.74, 6) is -1.15. The van der Waals surface area contributed by atoms with Crippen molar-refractivity contribution < 1.29 is 14.7 Å². The van der Waals surface area contributed by atoms with Crippen molar-refractivity contribution in [3.8, 4) is 0 Å². The number of hydrogen-bond acceptors (Lipinski definition) is 3. The first-order chi connectivity index (χ1) is 10.7.